The lowest BCUT2D eigenvalue weighted by atomic mass is 10.1. The van der Waals surface area contributed by atoms with Gasteiger partial charge in [-0.1, -0.05) is 45.1 Å². The first-order valence-electron chi connectivity index (χ1n) is 8.28. The Morgan fingerprint density at radius 1 is 1.10 bits per heavy atom. The Bertz CT molecular complexity index is 560. The molecular formula is C18H27ClN2. The number of unbranched alkanes of at least 4 members (excludes halogenated alkanes) is 5. The number of aromatic nitrogens is 2. The van der Waals surface area contributed by atoms with Gasteiger partial charge in [-0.3, -0.25) is 0 Å². The van der Waals surface area contributed by atoms with Crippen LogP contribution in [0.15, 0.2) is 18.2 Å². The van der Waals surface area contributed by atoms with Crippen molar-refractivity contribution in [3.8, 4) is 0 Å². The summed E-state index contributed by atoms with van der Waals surface area (Å²) < 4.78 is 2.38. The summed E-state index contributed by atoms with van der Waals surface area (Å²) in [6.07, 6.45) is 8.80. The number of alkyl halides is 1. The van der Waals surface area contributed by atoms with E-state index in [1.807, 2.05) is 0 Å². The fourth-order valence-corrected chi connectivity index (χ4v) is 3.03. The van der Waals surface area contributed by atoms with Crippen LogP contribution in [0.25, 0.3) is 11.0 Å². The zero-order valence-electron chi connectivity index (χ0n) is 13.4. The van der Waals surface area contributed by atoms with Crippen LogP contribution in [0.5, 0.6) is 0 Å². The summed E-state index contributed by atoms with van der Waals surface area (Å²) in [5, 5.41) is 0. The third kappa shape index (κ3) is 4.47. The predicted molar refractivity (Wildman–Crippen MR) is 92.3 cm³/mol. The van der Waals surface area contributed by atoms with Gasteiger partial charge in [0.1, 0.15) is 5.82 Å². The van der Waals surface area contributed by atoms with Crippen LogP contribution in [0.1, 0.15) is 56.8 Å². The molecule has 1 aromatic heterocycles. The van der Waals surface area contributed by atoms with Crippen molar-refractivity contribution in [2.75, 3.05) is 5.88 Å². The molecule has 0 aliphatic carbocycles. The highest BCUT2D eigenvalue weighted by molar-refractivity contribution is 6.17. The third-order valence-electron chi connectivity index (χ3n) is 4.04. The first-order chi connectivity index (χ1) is 10.3. The second-order valence-corrected chi connectivity index (χ2v) is 6.26. The molecule has 0 amide bonds. The zero-order valence-corrected chi connectivity index (χ0v) is 14.1. The van der Waals surface area contributed by atoms with Crippen LogP contribution in [-0.2, 0) is 13.0 Å². The van der Waals surface area contributed by atoms with E-state index in [0.29, 0.717) is 5.88 Å². The average Bonchev–Trinajstić information content (AvgIpc) is 2.80. The van der Waals surface area contributed by atoms with Gasteiger partial charge in [0.05, 0.1) is 11.0 Å². The molecule has 0 fully saturated rings. The van der Waals surface area contributed by atoms with E-state index in [1.54, 1.807) is 0 Å². The molecular weight excluding hydrogens is 280 g/mol. The average molecular weight is 307 g/mol. The Morgan fingerprint density at radius 2 is 1.86 bits per heavy atom. The van der Waals surface area contributed by atoms with Crippen LogP contribution >= 0.6 is 11.6 Å². The second kappa shape index (κ2) is 8.43. The number of benzene rings is 1. The Kier molecular flexibility index (Phi) is 6.56. The topological polar surface area (TPSA) is 17.8 Å². The Labute approximate surface area is 133 Å². The predicted octanol–water partition coefficient (Wildman–Crippen LogP) is 5.49. The van der Waals surface area contributed by atoms with Crippen LogP contribution in [-0.4, -0.2) is 15.4 Å². The van der Waals surface area contributed by atoms with E-state index in [9.17, 15) is 0 Å². The van der Waals surface area contributed by atoms with Crippen LogP contribution in [0.4, 0.5) is 0 Å². The molecule has 1 heterocycles. The van der Waals surface area contributed by atoms with Crippen molar-refractivity contribution in [1.29, 1.82) is 0 Å². The van der Waals surface area contributed by atoms with Crippen LogP contribution in [0.2, 0.25) is 0 Å². The summed E-state index contributed by atoms with van der Waals surface area (Å²) in [7, 11) is 0. The van der Waals surface area contributed by atoms with Gasteiger partial charge < -0.3 is 4.57 Å². The SMILES string of the molecule is CCCCCCCCn1c(CCCl)nc2ccc(C)cc21. The van der Waals surface area contributed by atoms with Crippen LogP contribution in [0.3, 0.4) is 0 Å². The molecule has 0 radical (unpaired) electrons. The molecule has 21 heavy (non-hydrogen) atoms. The summed E-state index contributed by atoms with van der Waals surface area (Å²) in [4.78, 5) is 4.75. The molecule has 2 rings (SSSR count). The molecule has 0 aliphatic heterocycles. The molecule has 1 aromatic carbocycles. The summed E-state index contributed by atoms with van der Waals surface area (Å²) in [6, 6.07) is 6.51. The van der Waals surface area contributed by atoms with E-state index in [-0.39, 0.29) is 0 Å². The van der Waals surface area contributed by atoms with Crippen LogP contribution < -0.4 is 0 Å². The summed E-state index contributed by atoms with van der Waals surface area (Å²) in [5.74, 6) is 1.78. The molecule has 0 saturated carbocycles. The van der Waals surface area contributed by atoms with E-state index in [0.717, 1.165) is 24.3 Å². The summed E-state index contributed by atoms with van der Waals surface area (Å²) >= 11 is 5.93. The first kappa shape index (κ1) is 16.4. The highest BCUT2D eigenvalue weighted by Crippen LogP contribution is 2.20. The lowest BCUT2D eigenvalue weighted by molar-refractivity contribution is 0.554. The number of nitrogens with zero attached hydrogens (tertiary/aromatic N) is 2. The maximum absolute atomic E-state index is 5.93. The number of fused-ring (bicyclic) bond motifs is 1. The number of aryl methyl sites for hydroxylation is 3. The van der Waals surface area contributed by atoms with Gasteiger partial charge in [-0.25, -0.2) is 4.98 Å². The monoisotopic (exact) mass is 306 g/mol. The van der Waals surface area contributed by atoms with Crippen molar-refractivity contribution >= 4 is 22.6 Å². The molecule has 116 valence electrons. The highest BCUT2D eigenvalue weighted by Gasteiger charge is 2.10. The van der Waals surface area contributed by atoms with Gasteiger partial charge in [0.25, 0.3) is 0 Å². The zero-order chi connectivity index (χ0) is 15.1. The van der Waals surface area contributed by atoms with Gasteiger partial charge >= 0.3 is 0 Å². The molecule has 2 nitrogen and oxygen atoms in total. The van der Waals surface area contributed by atoms with Crippen molar-refractivity contribution in [2.45, 2.75) is 65.3 Å². The smallest absolute Gasteiger partial charge is 0.111 e. The van der Waals surface area contributed by atoms with Gasteiger partial charge in [0.2, 0.25) is 0 Å². The first-order valence-corrected chi connectivity index (χ1v) is 8.81. The van der Waals surface area contributed by atoms with Crippen molar-refractivity contribution < 1.29 is 0 Å². The van der Waals surface area contributed by atoms with Crippen molar-refractivity contribution in [1.82, 2.24) is 9.55 Å². The molecule has 3 heteroatoms. The van der Waals surface area contributed by atoms with Crippen molar-refractivity contribution in [3.05, 3.63) is 29.6 Å². The maximum Gasteiger partial charge on any atom is 0.111 e. The minimum Gasteiger partial charge on any atom is -0.328 e. The lowest BCUT2D eigenvalue weighted by Crippen LogP contribution is -2.05. The maximum atomic E-state index is 5.93. The van der Waals surface area contributed by atoms with Gasteiger partial charge in [0, 0.05) is 18.8 Å². The van der Waals surface area contributed by atoms with Gasteiger partial charge in [-0.05, 0) is 31.0 Å². The standard InChI is InChI=1S/C18H27ClN2/c1-3-4-5-6-7-8-13-21-17-14-15(2)9-10-16(17)20-18(21)11-12-19/h9-10,14H,3-8,11-13H2,1-2H3. The number of hydrogen-bond acceptors (Lipinski definition) is 1. The van der Waals surface area contributed by atoms with Crippen molar-refractivity contribution in [3.63, 3.8) is 0 Å². The molecule has 0 saturated heterocycles. The number of rotatable bonds is 9. The van der Waals surface area contributed by atoms with Gasteiger partial charge in [-0.2, -0.15) is 0 Å². The minimum absolute atomic E-state index is 0.638. The summed E-state index contributed by atoms with van der Waals surface area (Å²) in [5.41, 5.74) is 3.67. The summed E-state index contributed by atoms with van der Waals surface area (Å²) in [6.45, 7) is 5.47. The minimum atomic E-state index is 0.638. The van der Waals surface area contributed by atoms with Gasteiger partial charge in [-0.15, -0.1) is 11.6 Å². The normalized spacial score (nSPS) is 11.4. The number of halogens is 1. The Balaban J connectivity index is 2.05. The van der Waals surface area contributed by atoms with Crippen LogP contribution in [0, 0.1) is 6.92 Å². The fourth-order valence-electron chi connectivity index (χ4n) is 2.86. The lowest BCUT2D eigenvalue weighted by Gasteiger charge is -2.09. The van der Waals surface area contributed by atoms with E-state index in [2.05, 4.69) is 36.6 Å². The molecule has 0 bridgehead atoms. The fraction of sp³-hybridized carbons (Fsp3) is 0.611. The largest absolute Gasteiger partial charge is 0.328 e. The van der Waals surface area contributed by atoms with E-state index in [4.69, 9.17) is 16.6 Å². The number of hydrogen-bond donors (Lipinski definition) is 0. The van der Waals surface area contributed by atoms with Crippen molar-refractivity contribution in [2.24, 2.45) is 0 Å². The van der Waals surface area contributed by atoms with E-state index < -0.39 is 0 Å². The molecule has 0 atom stereocenters. The molecule has 2 aromatic rings. The Morgan fingerprint density at radius 3 is 2.62 bits per heavy atom. The molecule has 0 spiro atoms. The number of imidazole rings is 1. The molecule has 0 aliphatic rings. The second-order valence-electron chi connectivity index (χ2n) is 5.88. The quantitative estimate of drug-likeness (QED) is 0.442. The van der Waals surface area contributed by atoms with Gasteiger partial charge in [0.15, 0.2) is 0 Å². The molecule has 0 N–H and O–H groups in total. The molecule has 0 unspecified atom stereocenters. The van der Waals surface area contributed by atoms with E-state index >= 15 is 0 Å². The van der Waals surface area contributed by atoms with E-state index in [1.165, 1.54) is 49.6 Å². The third-order valence-corrected chi connectivity index (χ3v) is 4.23. The highest BCUT2D eigenvalue weighted by atomic mass is 35.5. The Hall–Kier alpha value is -1.02.